The van der Waals surface area contributed by atoms with E-state index in [4.69, 9.17) is 4.74 Å². The monoisotopic (exact) mass is 338 g/mol. The predicted octanol–water partition coefficient (Wildman–Crippen LogP) is 3.31. The lowest BCUT2D eigenvalue weighted by Gasteiger charge is -2.14. The number of amides is 2. The van der Waals surface area contributed by atoms with E-state index in [2.05, 4.69) is 36.3 Å². The highest BCUT2D eigenvalue weighted by Gasteiger charge is 2.11. The Kier molecular flexibility index (Phi) is 6.34. The quantitative estimate of drug-likeness (QED) is 0.761. The van der Waals surface area contributed by atoms with Crippen LogP contribution < -0.4 is 15.4 Å². The number of anilines is 1. The first kappa shape index (κ1) is 18.3. The number of ether oxygens (including phenoxy) is 1. The summed E-state index contributed by atoms with van der Waals surface area (Å²) in [6.45, 7) is 5.90. The van der Waals surface area contributed by atoms with Gasteiger partial charge in [-0.25, -0.2) is 0 Å². The maximum atomic E-state index is 11.8. The third kappa shape index (κ3) is 4.94. The molecular formula is C20H22N2O3. The van der Waals surface area contributed by atoms with Gasteiger partial charge < -0.3 is 15.4 Å². The van der Waals surface area contributed by atoms with Gasteiger partial charge in [0.15, 0.2) is 0 Å². The second-order valence-corrected chi connectivity index (χ2v) is 5.45. The fourth-order valence-corrected chi connectivity index (χ4v) is 2.32. The first-order valence-corrected chi connectivity index (χ1v) is 8.07. The normalized spacial score (nSPS) is 10.0. The van der Waals surface area contributed by atoms with Gasteiger partial charge in [0, 0.05) is 12.6 Å². The number of aryl methyl sites for hydroxylation is 1. The highest BCUT2D eigenvalue weighted by Crippen LogP contribution is 2.27. The minimum Gasteiger partial charge on any atom is -0.487 e. The van der Waals surface area contributed by atoms with Gasteiger partial charge in [0.2, 0.25) is 5.91 Å². The van der Waals surface area contributed by atoms with Crippen molar-refractivity contribution < 1.29 is 14.3 Å². The van der Waals surface area contributed by atoms with E-state index < -0.39 is 0 Å². The van der Waals surface area contributed by atoms with Gasteiger partial charge in [-0.15, -0.1) is 0 Å². The smallest absolute Gasteiger partial charge is 0.251 e. The average Bonchev–Trinajstić information content (AvgIpc) is 2.66. The van der Waals surface area contributed by atoms with Gasteiger partial charge in [-0.2, -0.15) is 0 Å². The van der Waals surface area contributed by atoms with Gasteiger partial charge in [-0.3, -0.25) is 9.59 Å². The first-order chi connectivity index (χ1) is 12.1. The number of carbonyl (C=O) groups excluding carboxylic acids is 2. The van der Waals surface area contributed by atoms with Crippen LogP contribution in [0.15, 0.2) is 55.1 Å². The molecule has 0 radical (unpaired) electrons. The highest BCUT2D eigenvalue weighted by molar-refractivity contribution is 6.02. The maximum absolute atomic E-state index is 11.8. The third-order valence-corrected chi connectivity index (χ3v) is 3.71. The Hall–Kier alpha value is -3.08. The molecule has 0 saturated heterocycles. The Balaban J connectivity index is 2.23. The van der Waals surface area contributed by atoms with Crippen LogP contribution in [0.25, 0.3) is 0 Å². The molecule has 5 nitrogen and oxygen atoms in total. The molecule has 0 heterocycles. The number of rotatable bonds is 7. The van der Waals surface area contributed by atoms with Crippen LogP contribution in [0, 0.1) is 0 Å². The van der Waals surface area contributed by atoms with Crippen molar-refractivity contribution in [3.63, 3.8) is 0 Å². The molecule has 0 spiro atoms. The fourth-order valence-electron chi connectivity index (χ4n) is 2.32. The summed E-state index contributed by atoms with van der Waals surface area (Å²) in [6, 6.07) is 13.0. The zero-order valence-corrected chi connectivity index (χ0v) is 14.5. The van der Waals surface area contributed by atoms with Crippen molar-refractivity contribution in [2.75, 3.05) is 12.4 Å². The van der Waals surface area contributed by atoms with Gasteiger partial charge in [0.1, 0.15) is 12.4 Å². The van der Waals surface area contributed by atoms with Crippen molar-refractivity contribution in [1.82, 2.24) is 5.32 Å². The molecule has 25 heavy (non-hydrogen) atoms. The minimum absolute atomic E-state index is 0.240. The van der Waals surface area contributed by atoms with Gasteiger partial charge >= 0.3 is 0 Å². The topological polar surface area (TPSA) is 67.4 Å². The zero-order chi connectivity index (χ0) is 18.2. The number of hydrogen-bond donors (Lipinski definition) is 2. The lowest BCUT2D eigenvalue weighted by molar-refractivity contribution is -0.111. The number of carbonyl (C=O) groups is 2. The molecule has 0 aliphatic heterocycles. The van der Waals surface area contributed by atoms with E-state index in [-0.39, 0.29) is 11.8 Å². The maximum Gasteiger partial charge on any atom is 0.251 e. The van der Waals surface area contributed by atoms with Crippen LogP contribution >= 0.6 is 0 Å². The lowest BCUT2D eigenvalue weighted by Crippen LogP contribution is -2.18. The third-order valence-electron chi connectivity index (χ3n) is 3.71. The Labute approximate surface area is 147 Å². The SMILES string of the molecule is C=CC(=O)Nc1cc(C(=O)NC)ccc1OCc1cccc(CC)c1. The standard InChI is InChI=1S/C20H22N2O3/c1-4-14-7-6-8-15(11-14)13-25-18-10-9-16(20(24)21-3)12-17(18)22-19(23)5-2/h5-12H,2,4,13H2,1,3H3,(H,21,24)(H,22,23). The summed E-state index contributed by atoms with van der Waals surface area (Å²) < 4.78 is 5.86. The van der Waals surface area contributed by atoms with Crippen LogP contribution in [0.5, 0.6) is 5.75 Å². The van der Waals surface area contributed by atoms with Crippen LogP contribution in [-0.2, 0) is 17.8 Å². The molecule has 0 atom stereocenters. The second-order valence-electron chi connectivity index (χ2n) is 5.45. The van der Waals surface area contributed by atoms with Crippen molar-refractivity contribution >= 4 is 17.5 Å². The van der Waals surface area contributed by atoms with E-state index in [1.54, 1.807) is 25.2 Å². The molecule has 2 amide bonds. The molecule has 0 aromatic heterocycles. The molecule has 0 fully saturated rings. The van der Waals surface area contributed by atoms with Crippen molar-refractivity contribution in [3.05, 3.63) is 71.8 Å². The Morgan fingerprint density at radius 2 is 1.92 bits per heavy atom. The van der Waals surface area contributed by atoms with E-state index in [1.807, 2.05) is 12.1 Å². The van der Waals surface area contributed by atoms with Gasteiger partial charge in [0.25, 0.3) is 5.91 Å². The number of nitrogens with one attached hydrogen (secondary N) is 2. The van der Waals surface area contributed by atoms with Gasteiger partial charge in [-0.1, -0.05) is 37.8 Å². The summed E-state index contributed by atoms with van der Waals surface area (Å²) in [6.07, 6.45) is 2.12. The summed E-state index contributed by atoms with van der Waals surface area (Å²) in [4.78, 5) is 23.5. The fraction of sp³-hybridized carbons (Fsp3) is 0.200. The van der Waals surface area contributed by atoms with Crippen molar-refractivity contribution in [2.45, 2.75) is 20.0 Å². The minimum atomic E-state index is -0.369. The molecule has 2 N–H and O–H groups in total. The van der Waals surface area contributed by atoms with Crippen molar-refractivity contribution in [3.8, 4) is 5.75 Å². The van der Waals surface area contributed by atoms with Crippen molar-refractivity contribution in [2.24, 2.45) is 0 Å². The summed E-state index contributed by atoms with van der Waals surface area (Å²) in [5.41, 5.74) is 3.13. The van der Waals surface area contributed by atoms with E-state index in [0.717, 1.165) is 12.0 Å². The highest BCUT2D eigenvalue weighted by atomic mass is 16.5. The molecule has 2 aromatic rings. The van der Waals surface area contributed by atoms with Crippen LogP contribution in [0.2, 0.25) is 0 Å². The molecule has 0 aliphatic rings. The lowest BCUT2D eigenvalue weighted by atomic mass is 10.1. The van der Waals surface area contributed by atoms with Crippen LogP contribution in [-0.4, -0.2) is 18.9 Å². The van der Waals surface area contributed by atoms with E-state index >= 15 is 0 Å². The number of benzene rings is 2. The molecule has 0 saturated carbocycles. The number of hydrogen-bond acceptors (Lipinski definition) is 3. The molecule has 5 heteroatoms. The predicted molar refractivity (Wildman–Crippen MR) is 98.8 cm³/mol. The van der Waals surface area contributed by atoms with Gasteiger partial charge in [-0.05, 0) is 41.8 Å². The van der Waals surface area contributed by atoms with E-state index in [0.29, 0.717) is 23.6 Å². The Bertz CT molecular complexity index is 784. The summed E-state index contributed by atoms with van der Waals surface area (Å²) in [5.74, 6) is -0.118. The molecule has 130 valence electrons. The molecule has 0 unspecified atom stereocenters. The molecule has 0 aliphatic carbocycles. The molecule has 2 rings (SSSR count). The first-order valence-electron chi connectivity index (χ1n) is 8.07. The van der Waals surface area contributed by atoms with E-state index in [9.17, 15) is 9.59 Å². The second kappa shape index (κ2) is 8.68. The average molecular weight is 338 g/mol. The summed E-state index contributed by atoms with van der Waals surface area (Å²) in [7, 11) is 1.55. The van der Waals surface area contributed by atoms with E-state index in [1.165, 1.54) is 11.6 Å². The molecule has 0 bridgehead atoms. The summed E-state index contributed by atoms with van der Waals surface area (Å²) >= 11 is 0. The van der Waals surface area contributed by atoms with Gasteiger partial charge in [0.05, 0.1) is 5.69 Å². The Morgan fingerprint density at radius 1 is 1.16 bits per heavy atom. The van der Waals surface area contributed by atoms with Crippen LogP contribution in [0.3, 0.4) is 0 Å². The van der Waals surface area contributed by atoms with Crippen LogP contribution in [0.1, 0.15) is 28.4 Å². The van der Waals surface area contributed by atoms with Crippen molar-refractivity contribution in [1.29, 1.82) is 0 Å². The zero-order valence-electron chi connectivity index (χ0n) is 14.5. The molecule has 2 aromatic carbocycles. The largest absolute Gasteiger partial charge is 0.487 e. The summed E-state index contributed by atoms with van der Waals surface area (Å²) in [5, 5.41) is 5.23. The molecular weight excluding hydrogens is 316 g/mol. The van der Waals surface area contributed by atoms with Crippen LogP contribution in [0.4, 0.5) is 5.69 Å². The Morgan fingerprint density at radius 3 is 2.60 bits per heavy atom.